The number of methoxy groups -OCH3 is 2. The van der Waals surface area contributed by atoms with Crippen LogP contribution in [-0.4, -0.2) is 44.0 Å². The van der Waals surface area contributed by atoms with E-state index in [9.17, 15) is 19.2 Å². The second-order valence-electron chi connectivity index (χ2n) is 12.0. The third kappa shape index (κ3) is 19.5. The normalized spacial score (nSPS) is 11.4. The second kappa shape index (κ2) is 20.6. The van der Waals surface area contributed by atoms with Gasteiger partial charge in [0.25, 0.3) is 11.8 Å². The molecule has 0 aromatic heterocycles. The molecule has 2 rings (SSSR count). The Kier molecular flexibility index (Phi) is 18.6. The molecule has 1 atom stereocenters. The summed E-state index contributed by atoms with van der Waals surface area (Å²) in [6, 6.07) is 16.9. The molecule has 8 heteroatoms. The Morgan fingerprint density at radius 1 is 0.744 bits per heavy atom. The van der Waals surface area contributed by atoms with Crippen LogP contribution >= 0.6 is 0 Å². The van der Waals surface area contributed by atoms with Crippen molar-refractivity contribution in [2.75, 3.05) is 14.2 Å². The molecule has 0 spiro atoms. The SMILES string of the molecule is CC(C)(C)C.COC(=O)/C(=C/C=C(C)C)NC(=O)c1ccccc1.COC(=O)C(CCC(C)C)NC(=O)c1ccccc1. The van der Waals surface area contributed by atoms with Gasteiger partial charge in [0, 0.05) is 11.1 Å². The summed E-state index contributed by atoms with van der Waals surface area (Å²) in [7, 11) is 2.60. The van der Waals surface area contributed by atoms with E-state index in [0.717, 1.165) is 12.0 Å². The van der Waals surface area contributed by atoms with Crippen molar-refractivity contribution in [2.45, 2.75) is 74.3 Å². The first-order chi connectivity index (χ1) is 20.1. The fraction of sp³-hybridized carbons (Fsp3) is 0.429. The van der Waals surface area contributed by atoms with E-state index in [4.69, 9.17) is 4.74 Å². The molecular formula is C35H50N2O6. The molecule has 0 aliphatic rings. The molecule has 2 N–H and O–H groups in total. The van der Waals surface area contributed by atoms with E-state index in [-0.39, 0.29) is 17.5 Å². The van der Waals surface area contributed by atoms with Crippen molar-refractivity contribution in [3.05, 3.63) is 95.2 Å². The van der Waals surface area contributed by atoms with Gasteiger partial charge < -0.3 is 20.1 Å². The molecule has 0 aliphatic heterocycles. The van der Waals surface area contributed by atoms with Crippen LogP contribution in [0, 0.1) is 11.3 Å². The Balaban J connectivity index is 0.000000709. The highest BCUT2D eigenvalue weighted by molar-refractivity contribution is 6.01. The zero-order chi connectivity index (χ0) is 33.0. The minimum absolute atomic E-state index is 0.109. The van der Waals surface area contributed by atoms with Gasteiger partial charge in [-0.1, -0.05) is 89.6 Å². The first-order valence-corrected chi connectivity index (χ1v) is 14.3. The maximum Gasteiger partial charge on any atom is 0.354 e. The van der Waals surface area contributed by atoms with E-state index >= 15 is 0 Å². The molecule has 2 aromatic carbocycles. The van der Waals surface area contributed by atoms with Gasteiger partial charge in [0.15, 0.2) is 0 Å². The van der Waals surface area contributed by atoms with Crippen LogP contribution in [0.1, 0.15) is 88.9 Å². The molecule has 0 radical (unpaired) electrons. The fourth-order valence-corrected chi connectivity index (χ4v) is 3.03. The summed E-state index contributed by atoms with van der Waals surface area (Å²) in [6.07, 6.45) is 4.71. The van der Waals surface area contributed by atoms with Crippen LogP contribution in [0.3, 0.4) is 0 Å². The third-order valence-corrected chi connectivity index (χ3v) is 5.13. The molecular weight excluding hydrogens is 544 g/mol. The zero-order valence-electron chi connectivity index (χ0n) is 27.4. The number of hydrogen-bond donors (Lipinski definition) is 2. The van der Waals surface area contributed by atoms with Crippen molar-refractivity contribution in [1.82, 2.24) is 10.6 Å². The number of carbonyl (C=O) groups is 4. The molecule has 2 aromatic rings. The molecule has 43 heavy (non-hydrogen) atoms. The lowest BCUT2D eigenvalue weighted by Crippen LogP contribution is -2.41. The van der Waals surface area contributed by atoms with Crippen LogP contribution in [0.5, 0.6) is 0 Å². The van der Waals surface area contributed by atoms with E-state index < -0.39 is 18.0 Å². The van der Waals surface area contributed by atoms with Crippen LogP contribution in [0.15, 0.2) is 84.1 Å². The van der Waals surface area contributed by atoms with Crippen LogP contribution < -0.4 is 10.6 Å². The number of carbonyl (C=O) groups excluding carboxylic acids is 4. The number of rotatable bonds is 10. The molecule has 1 unspecified atom stereocenters. The minimum Gasteiger partial charge on any atom is -0.467 e. The predicted molar refractivity (Wildman–Crippen MR) is 172 cm³/mol. The number of amides is 2. The second-order valence-corrected chi connectivity index (χ2v) is 12.0. The number of nitrogens with one attached hydrogen (secondary N) is 2. The highest BCUT2D eigenvalue weighted by atomic mass is 16.5. The van der Waals surface area contributed by atoms with Crippen LogP contribution in [0.4, 0.5) is 0 Å². The first-order valence-electron chi connectivity index (χ1n) is 14.3. The number of benzene rings is 2. The number of allylic oxidation sites excluding steroid dienone is 3. The molecule has 0 saturated heterocycles. The maximum absolute atomic E-state index is 12.0. The van der Waals surface area contributed by atoms with Crippen LogP contribution in [0.2, 0.25) is 0 Å². The largest absolute Gasteiger partial charge is 0.467 e. The number of ether oxygens (including phenoxy) is 2. The minimum atomic E-state index is -0.583. The lowest BCUT2D eigenvalue weighted by molar-refractivity contribution is -0.143. The van der Waals surface area contributed by atoms with E-state index in [0.29, 0.717) is 28.9 Å². The summed E-state index contributed by atoms with van der Waals surface area (Å²) in [5.41, 5.74) is 2.64. The van der Waals surface area contributed by atoms with Crippen molar-refractivity contribution in [1.29, 1.82) is 0 Å². The Labute approximate surface area is 257 Å². The van der Waals surface area contributed by atoms with E-state index in [1.165, 1.54) is 20.3 Å². The van der Waals surface area contributed by atoms with Crippen molar-refractivity contribution < 1.29 is 28.7 Å². The Morgan fingerprint density at radius 3 is 1.60 bits per heavy atom. The quantitative estimate of drug-likeness (QED) is 0.176. The fourth-order valence-electron chi connectivity index (χ4n) is 3.03. The highest BCUT2D eigenvalue weighted by Gasteiger charge is 2.22. The summed E-state index contributed by atoms with van der Waals surface area (Å²) in [5.74, 6) is -1.10. The van der Waals surface area contributed by atoms with Gasteiger partial charge in [0.2, 0.25) is 0 Å². The summed E-state index contributed by atoms with van der Waals surface area (Å²) in [4.78, 5) is 47.2. The summed E-state index contributed by atoms with van der Waals surface area (Å²) in [6.45, 7) is 16.7. The van der Waals surface area contributed by atoms with Gasteiger partial charge in [-0.25, -0.2) is 9.59 Å². The van der Waals surface area contributed by atoms with Gasteiger partial charge in [0.1, 0.15) is 11.7 Å². The Morgan fingerprint density at radius 2 is 1.21 bits per heavy atom. The number of hydrogen-bond acceptors (Lipinski definition) is 6. The van der Waals surface area contributed by atoms with E-state index in [1.54, 1.807) is 54.6 Å². The zero-order valence-corrected chi connectivity index (χ0v) is 27.4. The Hall–Kier alpha value is -4.20. The predicted octanol–water partition coefficient (Wildman–Crippen LogP) is 6.89. The van der Waals surface area contributed by atoms with Gasteiger partial charge in [0.05, 0.1) is 14.2 Å². The van der Waals surface area contributed by atoms with Gasteiger partial charge in [-0.05, 0) is 68.4 Å². The summed E-state index contributed by atoms with van der Waals surface area (Å²) >= 11 is 0. The summed E-state index contributed by atoms with van der Waals surface area (Å²) in [5, 5.41) is 5.27. The van der Waals surface area contributed by atoms with Crippen LogP contribution in [0.25, 0.3) is 0 Å². The van der Waals surface area contributed by atoms with Gasteiger partial charge in [-0.15, -0.1) is 0 Å². The van der Waals surface area contributed by atoms with Crippen molar-refractivity contribution >= 4 is 23.8 Å². The molecule has 2 amide bonds. The molecule has 0 fully saturated rings. The van der Waals surface area contributed by atoms with Gasteiger partial charge >= 0.3 is 11.9 Å². The standard InChI is InChI=1S/C15H21NO3.C15H17NO3.C5H12/c2*1-11(2)9-10-13(15(18)19-3)16-14(17)12-7-5-4-6-8-12;1-5(2,3)4/h4-8,11,13H,9-10H2,1-3H3,(H,16,17);4-10H,1-3H3,(H,16,17);1-4H3/b;13-10-;. The topological polar surface area (TPSA) is 111 Å². The van der Waals surface area contributed by atoms with Gasteiger partial charge in [-0.2, -0.15) is 0 Å². The monoisotopic (exact) mass is 594 g/mol. The maximum atomic E-state index is 12.0. The van der Waals surface area contributed by atoms with Crippen molar-refractivity contribution in [3.8, 4) is 0 Å². The molecule has 0 aliphatic carbocycles. The van der Waals surface area contributed by atoms with Crippen LogP contribution in [-0.2, 0) is 19.1 Å². The van der Waals surface area contributed by atoms with Crippen molar-refractivity contribution in [2.24, 2.45) is 11.3 Å². The van der Waals surface area contributed by atoms with Crippen molar-refractivity contribution in [3.63, 3.8) is 0 Å². The molecule has 8 nitrogen and oxygen atoms in total. The highest BCUT2D eigenvalue weighted by Crippen LogP contribution is 2.10. The lowest BCUT2D eigenvalue weighted by Gasteiger charge is -2.17. The van der Waals surface area contributed by atoms with E-state index in [2.05, 4.69) is 56.9 Å². The average Bonchev–Trinajstić information content (AvgIpc) is 2.96. The molecule has 0 bridgehead atoms. The average molecular weight is 595 g/mol. The molecule has 236 valence electrons. The van der Waals surface area contributed by atoms with Gasteiger partial charge in [-0.3, -0.25) is 9.59 Å². The first kappa shape index (κ1) is 38.8. The smallest absolute Gasteiger partial charge is 0.354 e. The van der Waals surface area contributed by atoms with E-state index in [1.807, 2.05) is 26.0 Å². The third-order valence-electron chi connectivity index (χ3n) is 5.13. The number of esters is 2. The molecule has 0 heterocycles. The summed E-state index contributed by atoms with van der Waals surface area (Å²) < 4.78 is 9.36. The molecule has 0 saturated carbocycles. The Bertz CT molecular complexity index is 1190. The lowest BCUT2D eigenvalue weighted by atomic mass is 10.0.